The summed E-state index contributed by atoms with van der Waals surface area (Å²) in [7, 11) is 2.69. The summed E-state index contributed by atoms with van der Waals surface area (Å²) in [6, 6.07) is 13.0. The number of rotatable bonds is 7. The van der Waals surface area contributed by atoms with Crippen molar-refractivity contribution in [2.45, 2.75) is 6.92 Å². The normalized spacial score (nSPS) is 10.3. The van der Waals surface area contributed by atoms with Gasteiger partial charge in [0.15, 0.2) is 18.1 Å². The van der Waals surface area contributed by atoms with E-state index in [-0.39, 0.29) is 18.1 Å². The second-order valence-corrected chi connectivity index (χ2v) is 6.50. The van der Waals surface area contributed by atoms with Gasteiger partial charge in [0.25, 0.3) is 11.5 Å². The third-order valence-corrected chi connectivity index (χ3v) is 4.26. The van der Waals surface area contributed by atoms with Crippen LogP contribution in [0.15, 0.2) is 53.3 Å². The van der Waals surface area contributed by atoms with Crippen molar-refractivity contribution in [3.05, 3.63) is 70.1 Å². The highest BCUT2D eigenvalue weighted by molar-refractivity contribution is 6.04. The smallest absolute Gasteiger partial charge is 0.343 e. The molecule has 0 aliphatic carbocycles. The van der Waals surface area contributed by atoms with Crippen LogP contribution in [0.4, 0.5) is 5.69 Å². The standard InChI is InChI=1S/C22H21N3O6/c1-13-9-19(26)25-21(23-13)14-5-4-6-16(10-14)24-22(28)15-7-8-17(18(11-15)29-2)31-12-20(27)30-3/h4-11H,12H2,1-3H3,(H,24,28)(H,23,25,26). The van der Waals surface area contributed by atoms with E-state index in [2.05, 4.69) is 20.0 Å². The second kappa shape index (κ2) is 9.57. The van der Waals surface area contributed by atoms with Crippen LogP contribution in [-0.4, -0.2) is 42.7 Å². The number of esters is 1. The molecule has 3 rings (SSSR count). The zero-order chi connectivity index (χ0) is 22.4. The number of carbonyl (C=O) groups is 2. The lowest BCUT2D eigenvalue weighted by Gasteiger charge is -2.12. The van der Waals surface area contributed by atoms with Crippen molar-refractivity contribution in [1.82, 2.24) is 9.97 Å². The van der Waals surface area contributed by atoms with Crippen LogP contribution in [0.25, 0.3) is 11.4 Å². The van der Waals surface area contributed by atoms with Crippen LogP contribution in [0.2, 0.25) is 0 Å². The number of aromatic nitrogens is 2. The van der Waals surface area contributed by atoms with Crippen LogP contribution >= 0.6 is 0 Å². The Morgan fingerprint density at radius 2 is 1.87 bits per heavy atom. The molecular formula is C22H21N3O6. The molecule has 2 N–H and O–H groups in total. The van der Waals surface area contributed by atoms with E-state index >= 15 is 0 Å². The van der Waals surface area contributed by atoms with Gasteiger partial charge in [0.1, 0.15) is 5.82 Å². The van der Waals surface area contributed by atoms with Crippen LogP contribution in [0, 0.1) is 6.92 Å². The predicted octanol–water partition coefficient (Wildman–Crippen LogP) is 2.56. The molecule has 31 heavy (non-hydrogen) atoms. The summed E-state index contributed by atoms with van der Waals surface area (Å²) in [5, 5.41) is 2.80. The molecule has 9 heteroatoms. The molecule has 0 atom stereocenters. The van der Waals surface area contributed by atoms with Crippen molar-refractivity contribution in [1.29, 1.82) is 0 Å². The van der Waals surface area contributed by atoms with Gasteiger partial charge in [-0.25, -0.2) is 9.78 Å². The Kier molecular flexibility index (Phi) is 6.66. The first-order chi connectivity index (χ1) is 14.9. The van der Waals surface area contributed by atoms with Gasteiger partial charge in [0.05, 0.1) is 14.2 Å². The zero-order valence-electron chi connectivity index (χ0n) is 17.2. The Labute approximate surface area is 178 Å². The van der Waals surface area contributed by atoms with E-state index in [9.17, 15) is 14.4 Å². The van der Waals surface area contributed by atoms with Gasteiger partial charge < -0.3 is 24.5 Å². The largest absolute Gasteiger partial charge is 0.493 e. The molecular weight excluding hydrogens is 402 g/mol. The maximum atomic E-state index is 12.7. The minimum atomic E-state index is -0.534. The number of hydrogen-bond acceptors (Lipinski definition) is 7. The molecule has 0 bridgehead atoms. The van der Waals surface area contributed by atoms with Gasteiger partial charge in [-0.3, -0.25) is 9.59 Å². The first-order valence-electron chi connectivity index (χ1n) is 9.27. The molecule has 0 spiro atoms. The Bertz CT molecular complexity index is 1170. The fourth-order valence-electron chi connectivity index (χ4n) is 2.79. The number of anilines is 1. The summed E-state index contributed by atoms with van der Waals surface area (Å²) in [6.45, 7) is 1.45. The summed E-state index contributed by atoms with van der Waals surface area (Å²) in [4.78, 5) is 42.7. The SMILES string of the molecule is COC(=O)COc1ccc(C(=O)Nc2cccc(-c3nc(C)cc(=O)[nH]3)c2)cc1OC. The van der Waals surface area contributed by atoms with Gasteiger partial charge >= 0.3 is 5.97 Å². The molecule has 1 heterocycles. The lowest BCUT2D eigenvalue weighted by molar-refractivity contribution is -0.142. The molecule has 0 radical (unpaired) electrons. The van der Waals surface area contributed by atoms with Crippen LogP contribution in [0.5, 0.6) is 11.5 Å². The predicted molar refractivity (Wildman–Crippen MR) is 113 cm³/mol. The summed E-state index contributed by atoms with van der Waals surface area (Å²) in [6.07, 6.45) is 0. The monoisotopic (exact) mass is 423 g/mol. The fraction of sp³-hybridized carbons (Fsp3) is 0.182. The number of aromatic amines is 1. The molecule has 3 aromatic rings. The molecule has 9 nitrogen and oxygen atoms in total. The summed E-state index contributed by atoms with van der Waals surface area (Å²) < 4.78 is 15.1. The number of benzene rings is 2. The zero-order valence-corrected chi connectivity index (χ0v) is 17.2. The number of carbonyl (C=O) groups excluding carboxylic acids is 2. The third-order valence-electron chi connectivity index (χ3n) is 4.26. The summed E-state index contributed by atoms with van der Waals surface area (Å²) in [5.41, 5.74) is 1.85. The number of ether oxygens (including phenoxy) is 3. The number of nitrogens with one attached hydrogen (secondary N) is 2. The van der Waals surface area contributed by atoms with Crippen molar-refractivity contribution < 1.29 is 23.8 Å². The van der Waals surface area contributed by atoms with E-state index in [1.165, 1.54) is 32.4 Å². The molecule has 0 saturated heterocycles. The highest BCUT2D eigenvalue weighted by Gasteiger charge is 2.13. The van der Waals surface area contributed by atoms with Gasteiger partial charge in [0.2, 0.25) is 0 Å². The van der Waals surface area contributed by atoms with E-state index in [0.29, 0.717) is 39.8 Å². The van der Waals surface area contributed by atoms with Crippen LogP contribution in [-0.2, 0) is 9.53 Å². The van der Waals surface area contributed by atoms with Crippen molar-refractivity contribution in [2.24, 2.45) is 0 Å². The lowest BCUT2D eigenvalue weighted by atomic mass is 10.1. The fourth-order valence-corrected chi connectivity index (χ4v) is 2.79. The van der Waals surface area contributed by atoms with Gasteiger partial charge in [-0.1, -0.05) is 12.1 Å². The number of nitrogens with zero attached hydrogens (tertiary/aromatic N) is 1. The van der Waals surface area contributed by atoms with Crippen molar-refractivity contribution >= 4 is 17.6 Å². The summed E-state index contributed by atoms with van der Waals surface area (Å²) in [5.74, 6) is 0.108. The molecule has 0 fully saturated rings. The molecule has 0 unspecified atom stereocenters. The molecule has 0 aliphatic heterocycles. The number of hydrogen-bond donors (Lipinski definition) is 2. The summed E-state index contributed by atoms with van der Waals surface area (Å²) >= 11 is 0. The first kappa shape index (κ1) is 21.6. The Hall–Kier alpha value is -4.14. The van der Waals surface area contributed by atoms with E-state index in [0.717, 1.165) is 0 Å². The Balaban J connectivity index is 1.78. The van der Waals surface area contributed by atoms with Gasteiger partial charge in [-0.15, -0.1) is 0 Å². The minimum Gasteiger partial charge on any atom is -0.493 e. The van der Waals surface area contributed by atoms with Crippen LogP contribution in [0.3, 0.4) is 0 Å². The quantitative estimate of drug-likeness (QED) is 0.561. The topological polar surface area (TPSA) is 120 Å². The average molecular weight is 423 g/mol. The highest BCUT2D eigenvalue weighted by atomic mass is 16.6. The second-order valence-electron chi connectivity index (χ2n) is 6.50. The maximum Gasteiger partial charge on any atom is 0.343 e. The Morgan fingerprint density at radius 1 is 1.06 bits per heavy atom. The molecule has 160 valence electrons. The third kappa shape index (κ3) is 5.47. The van der Waals surface area contributed by atoms with Crippen LogP contribution < -0.4 is 20.3 Å². The van der Waals surface area contributed by atoms with Gasteiger partial charge in [0, 0.05) is 28.6 Å². The van der Waals surface area contributed by atoms with E-state index in [1.807, 2.05) is 0 Å². The molecule has 2 aromatic carbocycles. The number of H-pyrrole nitrogens is 1. The van der Waals surface area contributed by atoms with E-state index in [4.69, 9.17) is 9.47 Å². The molecule has 1 amide bonds. The highest BCUT2D eigenvalue weighted by Crippen LogP contribution is 2.28. The molecule has 1 aromatic heterocycles. The van der Waals surface area contributed by atoms with Gasteiger partial charge in [-0.2, -0.15) is 0 Å². The Morgan fingerprint density at radius 3 is 2.58 bits per heavy atom. The van der Waals surface area contributed by atoms with E-state index < -0.39 is 5.97 Å². The average Bonchev–Trinajstić information content (AvgIpc) is 2.76. The minimum absolute atomic E-state index is 0.251. The maximum absolute atomic E-state index is 12.7. The molecule has 0 aliphatic rings. The number of methoxy groups -OCH3 is 2. The number of aryl methyl sites for hydroxylation is 1. The van der Waals surface area contributed by atoms with Crippen molar-refractivity contribution in [3.63, 3.8) is 0 Å². The first-order valence-corrected chi connectivity index (χ1v) is 9.27. The lowest BCUT2D eigenvalue weighted by Crippen LogP contribution is -2.14. The van der Waals surface area contributed by atoms with Crippen molar-refractivity contribution in [2.75, 3.05) is 26.1 Å². The van der Waals surface area contributed by atoms with Gasteiger partial charge in [-0.05, 0) is 37.3 Å². The van der Waals surface area contributed by atoms with E-state index in [1.54, 1.807) is 37.3 Å². The number of amides is 1. The van der Waals surface area contributed by atoms with Crippen molar-refractivity contribution in [3.8, 4) is 22.9 Å². The molecule has 0 saturated carbocycles. The van der Waals surface area contributed by atoms with Crippen LogP contribution in [0.1, 0.15) is 16.1 Å².